The van der Waals surface area contributed by atoms with Crippen molar-refractivity contribution in [3.63, 3.8) is 0 Å². The van der Waals surface area contributed by atoms with E-state index in [2.05, 4.69) is 41.3 Å². The fourth-order valence-electron chi connectivity index (χ4n) is 2.19. The third kappa shape index (κ3) is 2.02. The number of nitrogens with zero attached hydrogens (tertiary/aromatic N) is 1. The Hall–Kier alpha value is 0.459. The van der Waals surface area contributed by atoms with Gasteiger partial charge in [0.05, 0.1) is 0 Å². The van der Waals surface area contributed by atoms with Crippen LogP contribution >= 0.6 is 11.3 Å². The Kier molecular flexibility index (Phi) is 3.55. The van der Waals surface area contributed by atoms with Gasteiger partial charge in [-0.15, -0.1) is 0 Å². The van der Waals surface area contributed by atoms with Crippen LogP contribution in [0.3, 0.4) is 0 Å². The van der Waals surface area contributed by atoms with Crippen LogP contribution in [0.1, 0.15) is 29.3 Å². The number of thiophene rings is 1. The van der Waals surface area contributed by atoms with E-state index in [-0.39, 0.29) is 21.1 Å². The van der Waals surface area contributed by atoms with Gasteiger partial charge in [-0.3, -0.25) is 0 Å². The third-order valence-corrected chi connectivity index (χ3v) is 8.04. The monoisotopic (exact) mass is 315 g/mol. The van der Waals surface area contributed by atoms with Gasteiger partial charge in [-0.05, 0) is 0 Å². The molecule has 1 aromatic heterocycles. The van der Waals surface area contributed by atoms with Gasteiger partial charge in [-0.2, -0.15) is 0 Å². The van der Waals surface area contributed by atoms with Gasteiger partial charge >= 0.3 is 101 Å². The third-order valence-electron chi connectivity index (χ3n) is 2.95. The molecule has 0 N–H and O–H groups in total. The number of hydrogen-bond donors (Lipinski definition) is 0. The van der Waals surface area contributed by atoms with Gasteiger partial charge in [0.1, 0.15) is 0 Å². The first-order chi connectivity index (χ1) is 6.72. The zero-order valence-corrected chi connectivity index (χ0v) is 12.8. The molecule has 0 spiro atoms. The van der Waals surface area contributed by atoms with Crippen LogP contribution in [0, 0.1) is 0 Å². The van der Waals surface area contributed by atoms with E-state index in [0.29, 0.717) is 6.04 Å². The van der Waals surface area contributed by atoms with Gasteiger partial charge in [-0.25, -0.2) is 0 Å². The predicted molar refractivity (Wildman–Crippen MR) is 64.9 cm³/mol. The van der Waals surface area contributed by atoms with Gasteiger partial charge in [0.2, 0.25) is 0 Å². The average Bonchev–Trinajstić information content (AvgIpc) is 2.59. The van der Waals surface area contributed by atoms with Crippen molar-refractivity contribution in [2.75, 3.05) is 14.1 Å². The standard InChI is InChI=1S/C10H14NS.CH3.Sn/c1-11(2)9-4-3-5-10-8(9)6-7-12-10;;/h6,9H,3-5H2,1-2H3;1H3;. The van der Waals surface area contributed by atoms with Gasteiger partial charge in [-0.1, -0.05) is 0 Å². The van der Waals surface area contributed by atoms with Crippen LogP contribution < -0.4 is 2.89 Å². The van der Waals surface area contributed by atoms with Crippen LogP contribution in [-0.2, 0) is 6.42 Å². The second-order valence-corrected chi connectivity index (χ2v) is 9.25. The van der Waals surface area contributed by atoms with Crippen molar-refractivity contribution in [3.8, 4) is 0 Å². The number of fused-ring (bicyclic) bond motifs is 1. The van der Waals surface area contributed by atoms with E-state index >= 15 is 0 Å². The van der Waals surface area contributed by atoms with Crippen LogP contribution in [0.15, 0.2) is 6.07 Å². The molecule has 0 fully saturated rings. The first-order valence-corrected chi connectivity index (χ1v) is 10.3. The topological polar surface area (TPSA) is 3.24 Å². The Morgan fingerprint density at radius 1 is 1.50 bits per heavy atom. The minimum atomic E-state index is -0.203. The van der Waals surface area contributed by atoms with Crippen molar-refractivity contribution in [1.29, 1.82) is 0 Å². The summed E-state index contributed by atoms with van der Waals surface area (Å²) in [6.07, 6.45) is 4.07. The molecule has 1 unspecified atom stereocenters. The Morgan fingerprint density at radius 3 is 2.93 bits per heavy atom. The Bertz CT molecular complexity index is 319. The zero-order valence-electron chi connectivity index (χ0n) is 9.13. The average molecular weight is 314 g/mol. The fourth-order valence-corrected chi connectivity index (χ4v) is 6.09. The molecule has 0 amide bonds. The summed E-state index contributed by atoms with van der Waals surface area (Å²) >= 11 is 1.90. The quantitative estimate of drug-likeness (QED) is 0.756. The van der Waals surface area contributed by atoms with Crippen molar-refractivity contribution in [2.24, 2.45) is 0 Å². The molecule has 0 bridgehead atoms. The van der Waals surface area contributed by atoms with Crippen LogP contribution in [-0.4, -0.2) is 40.1 Å². The normalized spacial score (nSPS) is 21.3. The van der Waals surface area contributed by atoms with Crippen molar-refractivity contribution in [2.45, 2.75) is 30.2 Å². The molecule has 76 valence electrons. The molecule has 1 aliphatic carbocycles. The van der Waals surface area contributed by atoms with E-state index in [1.54, 1.807) is 13.3 Å². The molecule has 3 heteroatoms. The Morgan fingerprint density at radius 2 is 2.29 bits per heavy atom. The summed E-state index contributed by atoms with van der Waals surface area (Å²) in [5, 5.41) is 0. The Labute approximate surface area is 101 Å². The van der Waals surface area contributed by atoms with E-state index in [4.69, 9.17) is 0 Å². The second kappa shape index (κ2) is 4.54. The van der Waals surface area contributed by atoms with E-state index in [9.17, 15) is 0 Å². The van der Waals surface area contributed by atoms with Crippen LogP contribution in [0.5, 0.6) is 0 Å². The second-order valence-electron chi connectivity index (χ2n) is 4.11. The molecule has 1 heterocycles. The molecule has 1 nitrogen and oxygen atoms in total. The maximum atomic E-state index is 2.51. The fraction of sp³-hybridized carbons (Fsp3) is 0.636. The van der Waals surface area contributed by atoms with Gasteiger partial charge < -0.3 is 0 Å². The van der Waals surface area contributed by atoms with Crippen LogP contribution in [0.2, 0.25) is 4.94 Å². The van der Waals surface area contributed by atoms with Gasteiger partial charge in [0, 0.05) is 0 Å². The first kappa shape index (κ1) is 11.0. The molecular formula is C11H17NSSn. The van der Waals surface area contributed by atoms with E-state index < -0.39 is 0 Å². The van der Waals surface area contributed by atoms with Crippen molar-refractivity contribution < 1.29 is 0 Å². The molecule has 1 atom stereocenters. The molecule has 0 aromatic carbocycles. The maximum absolute atomic E-state index is 2.51. The zero-order chi connectivity index (χ0) is 10.1. The molecule has 0 saturated heterocycles. The summed E-state index contributed by atoms with van der Waals surface area (Å²) in [6, 6.07) is 3.21. The van der Waals surface area contributed by atoms with E-state index in [1.807, 2.05) is 0 Å². The molecule has 1 aliphatic rings. The summed E-state index contributed by atoms with van der Waals surface area (Å²) in [6.45, 7) is 0. The summed E-state index contributed by atoms with van der Waals surface area (Å²) in [7, 11) is 4.42. The number of aryl methyl sites for hydroxylation is 1. The Balaban J connectivity index is 2.33. The molecule has 2 radical (unpaired) electrons. The van der Waals surface area contributed by atoms with Gasteiger partial charge in [0.15, 0.2) is 0 Å². The number of rotatable bonds is 2. The van der Waals surface area contributed by atoms with E-state index in [0.717, 1.165) is 0 Å². The van der Waals surface area contributed by atoms with Gasteiger partial charge in [0.25, 0.3) is 0 Å². The summed E-state index contributed by atoms with van der Waals surface area (Å²) < 4.78 is 1.73. The summed E-state index contributed by atoms with van der Waals surface area (Å²) in [5.74, 6) is 0. The van der Waals surface area contributed by atoms with Crippen molar-refractivity contribution in [3.05, 3.63) is 16.5 Å². The molecule has 1 aromatic rings. The van der Waals surface area contributed by atoms with Crippen LogP contribution in [0.4, 0.5) is 0 Å². The minimum absolute atomic E-state index is 0.203. The number of hydrogen-bond acceptors (Lipinski definition) is 2. The molecular weight excluding hydrogens is 297 g/mol. The predicted octanol–water partition coefficient (Wildman–Crippen LogP) is 2.06. The first-order valence-electron chi connectivity index (χ1n) is 5.19. The van der Waals surface area contributed by atoms with Crippen molar-refractivity contribution >= 4 is 35.4 Å². The molecule has 14 heavy (non-hydrogen) atoms. The molecule has 0 aliphatic heterocycles. The van der Waals surface area contributed by atoms with E-state index in [1.165, 1.54) is 19.3 Å². The van der Waals surface area contributed by atoms with Crippen molar-refractivity contribution in [1.82, 2.24) is 4.90 Å². The summed E-state index contributed by atoms with van der Waals surface area (Å²) in [5.41, 5.74) is 1.66. The summed E-state index contributed by atoms with van der Waals surface area (Å²) in [4.78, 5) is 6.49. The molecule has 2 rings (SSSR count). The molecule has 0 saturated carbocycles. The van der Waals surface area contributed by atoms with Crippen LogP contribution in [0.25, 0.3) is 0 Å². The SMILES string of the molecule is [CH3][Sn][c]1cc2c(s1)CCCC2N(C)C.